The molecular formula is C20H24O4. The van der Waals surface area contributed by atoms with Gasteiger partial charge in [-0.3, -0.25) is 0 Å². The van der Waals surface area contributed by atoms with Crippen LogP contribution in [0.25, 0.3) is 0 Å². The Morgan fingerprint density at radius 3 is 1.29 bits per heavy atom. The summed E-state index contributed by atoms with van der Waals surface area (Å²) in [7, 11) is 3.22. The Hall–Kier alpha value is -2.04. The van der Waals surface area contributed by atoms with Crippen molar-refractivity contribution >= 4 is 0 Å². The van der Waals surface area contributed by atoms with Gasteiger partial charge in [-0.1, -0.05) is 24.3 Å². The maximum Gasteiger partial charge on any atom is 0.122 e. The molecule has 3 rings (SSSR count). The predicted molar refractivity (Wildman–Crippen MR) is 92.2 cm³/mol. The number of hydrogen-bond acceptors (Lipinski definition) is 4. The van der Waals surface area contributed by atoms with Crippen LogP contribution >= 0.6 is 0 Å². The van der Waals surface area contributed by atoms with Gasteiger partial charge in [0, 0.05) is 0 Å². The number of rotatable bonds is 4. The van der Waals surface area contributed by atoms with Gasteiger partial charge >= 0.3 is 0 Å². The molecule has 4 nitrogen and oxygen atoms in total. The third-order valence-electron chi connectivity index (χ3n) is 5.15. The van der Waals surface area contributed by atoms with E-state index in [-0.39, 0.29) is 0 Å². The number of aliphatic hydroxyl groups is 2. The molecule has 0 saturated heterocycles. The topological polar surface area (TPSA) is 58.9 Å². The van der Waals surface area contributed by atoms with E-state index in [4.69, 9.17) is 9.47 Å². The highest BCUT2D eigenvalue weighted by Crippen LogP contribution is 2.50. The van der Waals surface area contributed by atoms with Crippen LogP contribution in [0, 0.1) is 0 Å². The van der Waals surface area contributed by atoms with E-state index in [2.05, 4.69) is 0 Å². The highest BCUT2D eigenvalue weighted by atomic mass is 16.5. The quantitative estimate of drug-likeness (QED) is 0.903. The molecule has 2 aromatic carbocycles. The smallest absolute Gasteiger partial charge is 0.122 e. The lowest BCUT2D eigenvalue weighted by atomic mass is 9.65. The van der Waals surface area contributed by atoms with Gasteiger partial charge in [0.15, 0.2) is 0 Å². The van der Waals surface area contributed by atoms with Gasteiger partial charge in [0.25, 0.3) is 0 Å². The zero-order valence-electron chi connectivity index (χ0n) is 14.2. The molecule has 0 heterocycles. The van der Waals surface area contributed by atoms with Crippen LogP contribution in [-0.4, -0.2) is 24.4 Å². The molecule has 0 amide bonds. The fourth-order valence-corrected chi connectivity index (χ4v) is 3.67. The lowest BCUT2D eigenvalue weighted by Gasteiger charge is -2.47. The molecule has 1 fully saturated rings. The summed E-state index contributed by atoms with van der Waals surface area (Å²) in [4.78, 5) is 0. The standard InChI is InChI=1S/C20H24O4/c1-23-17-9-5-15(6-10-17)19(21)13-3-4-14-20(19,22)16-7-11-18(24-2)12-8-16/h5-12,21-22H,3-4,13-14H2,1-2H3. The van der Waals surface area contributed by atoms with E-state index in [1.54, 1.807) is 14.2 Å². The fourth-order valence-electron chi connectivity index (χ4n) is 3.67. The highest BCUT2D eigenvalue weighted by molar-refractivity contribution is 5.39. The van der Waals surface area contributed by atoms with Crippen molar-refractivity contribution in [3.63, 3.8) is 0 Å². The van der Waals surface area contributed by atoms with E-state index in [9.17, 15) is 10.2 Å². The van der Waals surface area contributed by atoms with Gasteiger partial charge in [-0.05, 0) is 61.1 Å². The van der Waals surface area contributed by atoms with E-state index in [0.717, 1.165) is 24.3 Å². The molecule has 2 N–H and O–H groups in total. The van der Waals surface area contributed by atoms with Crippen LogP contribution in [0.5, 0.6) is 11.5 Å². The van der Waals surface area contributed by atoms with Gasteiger partial charge in [0.05, 0.1) is 14.2 Å². The lowest BCUT2D eigenvalue weighted by molar-refractivity contribution is -0.189. The van der Waals surface area contributed by atoms with E-state index in [0.29, 0.717) is 24.0 Å². The number of hydrogen-bond donors (Lipinski definition) is 2. The first-order valence-corrected chi connectivity index (χ1v) is 8.27. The molecule has 0 aliphatic heterocycles. The highest BCUT2D eigenvalue weighted by Gasteiger charge is 2.52. The van der Waals surface area contributed by atoms with Crippen molar-refractivity contribution in [2.24, 2.45) is 0 Å². The minimum absolute atomic E-state index is 0.516. The maximum absolute atomic E-state index is 11.5. The van der Waals surface area contributed by atoms with Crippen molar-refractivity contribution in [2.45, 2.75) is 36.9 Å². The summed E-state index contributed by atoms with van der Waals surface area (Å²) in [6.07, 6.45) is 2.78. The molecule has 0 radical (unpaired) electrons. The van der Waals surface area contributed by atoms with Gasteiger partial charge in [-0.15, -0.1) is 0 Å². The molecule has 1 saturated carbocycles. The summed E-state index contributed by atoms with van der Waals surface area (Å²) in [6, 6.07) is 14.6. The van der Waals surface area contributed by atoms with E-state index >= 15 is 0 Å². The average molecular weight is 328 g/mol. The normalized spacial score (nSPS) is 26.8. The van der Waals surface area contributed by atoms with Crippen LogP contribution in [0.4, 0.5) is 0 Å². The Labute approximate surface area is 142 Å². The molecule has 2 aromatic rings. The summed E-state index contributed by atoms with van der Waals surface area (Å²) in [6.45, 7) is 0. The summed E-state index contributed by atoms with van der Waals surface area (Å²) in [5.41, 5.74) is -1.24. The van der Waals surface area contributed by atoms with Crippen LogP contribution < -0.4 is 9.47 Å². The van der Waals surface area contributed by atoms with E-state index < -0.39 is 11.2 Å². The summed E-state index contributed by atoms with van der Waals surface area (Å²) >= 11 is 0. The van der Waals surface area contributed by atoms with Gasteiger partial charge in [-0.2, -0.15) is 0 Å². The third kappa shape index (κ3) is 2.66. The van der Waals surface area contributed by atoms with Crippen molar-refractivity contribution in [3.05, 3.63) is 59.7 Å². The van der Waals surface area contributed by atoms with Crippen LogP contribution in [0.3, 0.4) is 0 Å². The van der Waals surface area contributed by atoms with Crippen LogP contribution in [0.15, 0.2) is 48.5 Å². The maximum atomic E-state index is 11.5. The summed E-state index contributed by atoms with van der Waals surface area (Å²) < 4.78 is 10.4. The molecule has 24 heavy (non-hydrogen) atoms. The summed E-state index contributed by atoms with van der Waals surface area (Å²) in [5, 5.41) is 23.0. The number of benzene rings is 2. The van der Waals surface area contributed by atoms with Crippen molar-refractivity contribution in [2.75, 3.05) is 14.2 Å². The SMILES string of the molecule is COc1ccc(C2(O)CCCCC2(O)c2ccc(OC)cc2)cc1. The molecule has 1 aliphatic carbocycles. The van der Waals surface area contributed by atoms with Crippen molar-refractivity contribution in [1.82, 2.24) is 0 Å². The van der Waals surface area contributed by atoms with Crippen LogP contribution in [0.1, 0.15) is 36.8 Å². The van der Waals surface area contributed by atoms with Crippen molar-refractivity contribution < 1.29 is 19.7 Å². The minimum atomic E-state index is -1.33. The zero-order chi connectivity index (χ0) is 17.2. The molecule has 4 heteroatoms. The molecule has 1 aliphatic rings. The Morgan fingerprint density at radius 1 is 0.667 bits per heavy atom. The van der Waals surface area contributed by atoms with Gasteiger partial charge in [-0.25, -0.2) is 0 Å². The lowest BCUT2D eigenvalue weighted by Crippen LogP contribution is -2.51. The summed E-state index contributed by atoms with van der Waals surface area (Å²) in [5.74, 6) is 1.46. The second kappa shape index (κ2) is 6.46. The second-order valence-electron chi connectivity index (χ2n) is 6.38. The minimum Gasteiger partial charge on any atom is -0.497 e. The molecule has 0 aromatic heterocycles. The Kier molecular flexibility index (Phi) is 4.52. The monoisotopic (exact) mass is 328 g/mol. The third-order valence-corrected chi connectivity index (χ3v) is 5.15. The van der Waals surface area contributed by atoms with Gasteiger partial charge < -0.3 is 19.7 Å². The first-order valence-electron chi connectivity index (χ1n) is 8.27. The molecule has 2 unspecified atom stereocenters. The first-order chi connectivity index (χ1) is 11.5. The molecular weight excluding hydrogens is 304 g/mol. The Morgan fingerprint density at radius 2 is 1.00 bits per heavy atom. The zero-order valence-corrected chi connectivity index (χ0v) is 14.2. The van der Waals surface area contributed by atoms with E-state index in [1.165, 1.54) is 0 Å². The fraction of sp³-hybridized carbons (Fsp3) is 0.400. The molecule has 2 atom stereocenters. The Bertz CT molecular complexity index is 618. The average Bonchev–Trinajstić information content (AvgIpc) is 2.64. The number of ether oxygens (including phenoxy) is 2. The molecule has 0 bridgehead atoms. The van der Waals surface area contributed by atoms with Gasteiger partial charge in [0.1, 0.15) is 22.7 Å². The number of methoxy groups -OCH3 is 2. The van der Waals surface area contributed by atoms with Crippen molar-refractivity contribution in [3.8, 4) is 11.5 Å². The van der Waals surface area contributed by atoms with Crippen LogP contribution in [-0.2, 0) is 11.2 Å². The largest absolute Gasteiger partial charge is 0.497 e. The second-order valence-corrected chi connectivity index (χ2v) is 6.38. The van der Waals surface area contributed by atoms with E-state index in [1.807, 2.05) is 48.5 Å². The molecule has 0 spiro atoms. The van der Waals surface area contributed by atoms with Crippen LogP contribution in [0.2, 0.25) is 0 Å². The van der Waals surface area contributed by atoms with Gasteiger partial charge in [0.2, 0.25) is 0 Å². The van der Waals surface area contributed by atoms with Crippen molar-refractivity contribution in [1.29, 1.82) is 0 Å². The first kappa shape index (κ1) is 16.8. The predicted octanol–water partition coefficient (Wildman–Crippen LogP) is 3.35. The molecule has 128 valence electrons. The Balaban J connectivity index is 2.04.